The Balaban J connectivity index is 1.66. The number of hydrogen-bond donors (Lipinski definition) is 2. The number of hydrogen-bond acceptors (Lipinski definition) is 4. The first kappa shape index (κ1) is 20.0. The molecule has 2 aromatic carbocycles. The van der Waals surface area contributed by atoms with E-state index in [1.54, 1.807) is 12.3 Å². The average Bonchev–Trinajstić information content (AvgIpc) is 3.08. The van der Waals surface area contributed by atoms with Gasteiger partial charge in [-0.1, -0.05) is 24.3 Å². The van der Waals surface area contributed by atoms with Gasteiger partial charge in [0, 0.05) is 26.0 Å². The Labute approximate surface area is 164 Å². The summed E-state index contributed by atoms with van der Waals surface area (Å²) in [6.07, 6.45) is 2.81. The molecule has 2 atom stereocenters. The molecule has 0 saturated heterocycles. The van der Waals surface area contributed by atoms with Crippen molar-refractivity contribution in [3.8, 4) is 5.75 Å². The van der Waals surface area contributed by atoms with Gasteiger partial charge in [-0.05, 0) is 48.7 Å². The Hall–Kier alpha value is -2.70. The lowest BCUT2D eigenvalue weighted by molar-refractivity contribution is 0.104. The number of imidazole rings is 1. The normalized spacial score (nSPS) is 13.3. The molecule has 0 bridgehead atoms. The average molecular weight is 383 g/mol. The molecule has 1 aromatic heterocycles. The zero-order chi connectivity index (χ0) is 20.1. The SMILES string of the molecule is Cc1ccc(C)c(OCC(O)CNC(c2cccc(F)c2)c2nccn2C)c1. The molecular weight excluding hydrogens is 357 g/mol. The molecule has 3 aromatic rings. The molecule has 2 unspecified atom stereocenters. The lowest BCUT2D eigenvalue weighted by Crippen LogP contribution is -2.35. The van der Waals surface area contributed by atoms with Crippen LogP contribution < -0.4 is 10.1 Å². The van der Waals surface area contributed by atoms with Gasteiger partial charge in [0.2, 0.25) is 0 Å². The third-order valence-corrected chi connectivity index (χ3v) is 4.63. The van der Waals surface area contributed by atoms with Crippen molar-refractivity contribution in [3.05, 3.63) is 83.2 Å². The molecule has 0 spiro atoms. The molecule has 0 amide bonds. The maximum absolute atomic E-state index is 13.7. The lowest BCUT2D eigenvalue weighted by Gasteiger charge is -2.21. The van der Waals surface area contributed by atoms with Crippen molar-refractivity contribution in [1.29, 1.82) is 0 Å². The van der Waals surface area contributed by atoms with Crippen molar-refractivity contribution in [2.45, 2.75) is 26.0 Å². The van der Waals surface area contributed by atoms with E-state index in [4.69, 9.17) is 4.74 Å². The fourth-order valence-electron chi connectivity index (χ4n) is 3.06. The molecule has 148 valence electrons. The Bertz CT molecular complexity index is 926. The smallest absolute Gasteiger partial charge is 0.130 e. The van der Waals surface area contributed by atoms with Gasteiger partial charge in [-0.2, -0.15) is 0 Å². The summed E-state index contributed by atoms with van der Waals surface area (Å²) in [5.74, 6) is 1.20. The highest BCUT2D eigenvalue weighted by atomic mass is 19.1. The zero-order valence-electron chi connectivity index (χ0n) is 16.4. The van der Waals surface area contributed by atoms with E-state index in [-0.39, 0.29) is 25.0 Å². The molecule has 0 fully saturated rings. The fraction of sp³-hybridized carbons (Fsp3) is 0.318. The lowest BCUT2D eigenvalue weighted by atomic mass is 10.1. The summed E-state index contributed by atoms with van der Waals surface area (Å²) in [5.41, 5.74) is 2.88. The third-order valence-electron chi connectivity index (χ3n) is 4.63. The van der Waals surface area contributed by atoms with E-state index < -0.39 is 6.10 Å². The number of ether oxygens (including phenoxy) is 1. The minimum absolute atomic E-state index is 0.160. The maximum atomic E-state index is 13.7. The molecule has 0 saturated carbocycles. The van der Waals surface area contributed by atoms with Gasteiger partial charge >= 0.3 is 0 Å². The summed E-state index contributed by atoms with van der Waals surface area (Å²) in [6.45, 7) is 4.41. The zero-order valence-corrected chi connectivity index (χ0v) is 16.4. The third kappa shape index (κ3) is 4.97. The molecule has 0 aliphatic carbocycles. The Kier molecular flexibility index (Phi) is 6.44. The van der Waals surface area contributed by atoms with Gasteiger partial charge in [-0.25, -0.2) is 9.37 Å². The second-order valence-electron chi connectivity index (χ2n) is 7.03. The molecule has 0 aliphatic rings. The quantitative estimate of drug-likeness (QED) is 0.627. The first-order chi connectivity index (χ1) is 13.4. The first-order valence-electron chi connectivity index (χ1n) is 9.28. The van der Waals surface area contributed by atoms with Gasteiger partial charge in [0.05, 0.1) is 6.04 Å². The molecule has 6 heteroatoms. The van der Waals surface area contributed by atoms with Crippen LogP contribution in [-0.4, -0.2) is 33.9 Å². The number of benzene rings is 2. The number of aromatic nitrogens is 2. The van der Waals surface area contributed by atoms with Crippen molar-refractivity contribution in [3.63, 3.8) is 0 Å². The molecule has 1 heterocycles. The number of nitrogens with zero attached hydrogens (tertiary/aromatic N) is 2. The molecular formula is C22H26FN3O2. The Morgan fingerprint density at radius 1 is 1.21 bits per heavy atom. The first-order valence-corrected chi connectivity index (χ1v) is 9.28. The van der Waals surface area contributed by atoms with Crippen LogP contribution in [0.5, 0.6) is 5.75 Å². The maximum Gasteiger partial charge on any atom is 0.130 e. The summed E-state index contributed by atoms with van der Waals surface area (Å²) in [4.78, 5) is 4.38. The number of halogens is 1. The van der Waals surface area contributed by atoms with Crippen LogP contribution in [0.1, 0.15) is 28.6 Å². The summed E-state index contributed by atoms with van der Waals surface area (Å²) < 4.78 is 21.4. The number of aliphatic hydroxyl groups is 1. The van der Waals surface area contributed by atoms with E-state index in [9.17, 15) is 9.50 Å². The van der Waals surface area contributed by atoms with Crippen LogP contribution in [0.15, 0.2) is 54.9 Å². The molecule has 0 aliphatic heterocycles. The fourth-order valence-corrected chi connectivity index (χ4v) is 3.06. The van der Waals surface area contributed by atoms with E-state index in [2.05, 4.69) is 10.3 Å². The highest BCUT2D eigenvalue weighted by Crippen LogP contribution is 2.22. The Morgan fingerprint density at radius 2 is 2.04 bits per heavy atom. The van der Waals surface area contributed by atoms with Crippen LogP contribution in [0, 0.1) is 19.7 Å². The van der Waals surface area contributed by atoms with Gasteiger partial charge in [-0.3, -0.25) is 0 Å². The molecule has 5 nitrogen and oxygen atoms in total. The summed E-state index contributed by atoms with van der Waals surface area (Å²) in [5, 5.41) is 13.7. The molecule has 2 N–H and O–H groups in total. The van der Waals surface area contributed by atoms with Crippen LogP contribution in [0.3, 0.4) is 0 Å². The summed E-state index contributed by atoms with van der Waals surface area (Å²) >= 11 is 0. The van der Waals surface area contributed by atoms with Crippen LogP contribution in [0.4, 0.5) is 4.39 Å². The number of aryl methyl sites for hydroxylation is 3. The number of nitrogens with one attached hydrogen (secondary N) is 1. The second kappa shape index (κ2) is 8.99. The van der Waals surface area contributed by atoms with E-state index in [1.807, 2.05) is 55.9 Å². The number of aliphatic hydroxyl groups excluding tert-OH is 1. The van der Waals surface area contributed by atoms with Crippen molar-refractivity contribution < 1.29 is 14.2 Å². The van der Waals surface area contributed by atoms with Crippen molar-refractivity contribution in [2.75, 3.05) is 13.2 Å². The minimum atomic E-state index is -0.726. The van der Waals surface area contributed by atoms with Gasteiger partial charge in [0.1, 0.15) is 30.1 Å². The van der Waals surface area contributed by atoms with E-state index in [0.717, 1.165) is 28.3 Å². The number of rotatable bonds is 8. The highest BCUT2D eigenvalue weighted by Gasteiger charge is 2.20. The van der Waals surface area contributed by atoms with E-state index >= 15 is 0 Å². The van der Waals surface area contributed by atoms with E-state index in [1.165, 1.54) is 12.1 Å². The van der Waals surface area contributed by atoms with E-state index in [0.29, 0.717) is 0 Å². The van der Waals surface area contributed by atoms with Gasteiger partial charge < -0.3 is 19.7 Å². The second-order valence-corrected chi connectivity index (χ2v) is 7.03. The largest absolute Gasteiger partial charge is 0.491 e. The van der Waals surface area contributed by atoms with Crippen LogP contribution in [-0.2, 0) is 7.05 Å². The predicted octanol–water partition coefficient (Wildman–Crippen LogP) is 3.29. The molecule has 28 heavy (non-hydrogen) atoms. The van der Waals surface area contributed by atoms with Crippen molar-refractivity contribution in [2.24, 2.45) is 7.05 Å². The molecule has 0 radical (unpaired) electrons. The topological polar surface area (TPSA) is 59.3 Å². The van der Waals surface area contributed by atoms with Crippen molar-refractivity contribution >= 4 is 0 Å². The highest BCUT2D eigenvalue weighted by molar-refractivity contribution is 5.36. The summed E-state index contributed by atoms with van der Waals surface area (Å²) in [6, 6.07) is 12.0. The summed E-state index contributed by atoms with van der Waals surface area (Å²) in [7, 11) is 1.89. The Morgan fingerprint density at radius 3 is 2.75 bits per heavy atom. The van der Waals surface area contributed by atoms with Crippen LogP contribution in [0.2, 0.25) is 0 Å². The predicted molar refractivity (Wildman–Crippen MR) is 107 cm³/mol. The minimum Gasteiger partial charge on any atom is -0.491 e. The van der Waals surface area contributed by atoms with Gasteiger partial charge in [0.25, 0.3) is 0 Å². The monoisotopic (exact) mass is 383 g/mol. The molecule has 3 rings (SSSR count). The standard InChI is InChI=1S/C22H26FN3O2/c1-15-7-8-16(2)20(11-15)28-14-19(27)13-25-21(22-24-9-10-26(22)3)17-5-4-6-18(23)12-17/h4-12,19,21,25,27H,13-14H2,1-3H3. The van der Waals surface area contributed by atoms with Crippen molar-refractivity contribution in [1.82, 2.24) is 14.9 Å². The van der Waals surface area contributed by atoms with Gasteiger partial charge in [-0.15, -0.1) is 0 Å². The van der Waals surface area contributed by atoms with Gasteiger partial charge in [0.15, 0.2) is 0 Å². The van der Waals surface area contributed by atoms with Crippen LogP contribution >= 0.6 is 0 Å². The van der Waals surface area contributed by atoms with Crippen LogP contribution in [0.25, 0.3) is 0 Å².